The molecular weight excluding hydrogens is 294 g/mol. The van der Waals surface area contributed by atoms with Gasteiger partial charge in [0.05, 0.1) is 4.90 Å². The summed E-state index contributed by atoms with van der Waals surface area (Å²) in [7, 11) is -3.72. The van der Waals surface area contributed by atoms with E-state index in [1.165, 1.54) is 12.1 Å². The fourth-order valence-electron chi connectivity index (χ4n) is 1.85. The van der Waals surface area contributed by atoms with E-state index >= 15 is 0 Å². The highest BCUT2D eigenvalue weighted by Crippen LogP contribution is 2.20. The highest BCUT2D eigenvalue weighted by Gasteiger charge is 2.12. The zero-order valence-electron chi connectivity index (χ0n) is 11.9. The van der Waals surface area contributed by atoms with Crippen molar-refractivity contribution in [3.05, 3.63) is 35.5 Å². The Kier molecular flexibility index (Phi) is 4.59. The molecule has 0 aliphatic carbocycles. The smallest absolute Gasteiger partial charge is 0.264 e. The minimum absolute atomic E-state index is 0.0814. The van der Waals surface area contributed by atoms with Gasteiger partial charge in [0.15, 0.2) is 12.4 Å². The molecule has 0 fully saturated rings. The number of hydrogen-bond acceptors (Lipinski definition) is 6. The summed E-state index contributed by atoms with van der Waals surface area (Å²) >= 11 is 0. The lowest BCUT2D eigenvalue weighted by Crippen LogP contribution is -2.13. The van der Waals surface area contributed by atoms with Gasteiger partial charge >= 0.3 is 0 Å². The molecule has 2 rings (SSSR count). The molecule has 0 unspecified atom stereocenters. The number of primary sulfonamides is 1. The van der Waals surface area contributed by atoms with E-state index in [-0.39, 0.29) is 11.5 Å². The number of aryl methyl sites for hydroxylation is 2. The normalized spacial score (nSPS) is 11.6. The van der Waals surface area contributed by atoms with Crippen LogP contribution in [0, 0.1) is 6.92 Å². The van der Waals surface area contributed by atoms with Crippen LogP contribution in [0.3, 0.4) is 0 Å². The SMILES string of the molecule is CCCc1noc(COc2ccc(S(N)(=O)=O)c(C)c2)n1. The van der Waals surface area contributed by atoms with Gasteiger partial charge in [-0.2, -0.15) is 4.98 Å². The van der Waals surface area contributed by atoms with Crippen molar-refractivity contribution in [2.45, 2.75) is 38.2 Å². The summed E-state index contributed by atoms with van der Waals surface area (Å²) in [6, 6.07) is 4.55. The highest BCUT2D eigenvalue weighted by atomic mass is 32.2. The molecule has 2 N–H and O–H groups in total. The van der Waals surface area contributed by atoms with Crippen LogP contribution in [0.5, 0.6) is 5.75 Å². The molecule has 2 aromatic rings. The number of rotatable bonds is 6. The van der Waals surface area contributed by atoms with Crippen molar-refractivity contribution < 1.29 is 17.7 Å². The predicted octanol–water partition coefficient (Wildman–Crippen LogP) is 1.56. The van der Waals surface area contributed by atoms with E-state index in [2.05, 4.69) is 10.1 Å². The average molecular weight is 311 g/mol. The summed E-state index contributed by atoms with van der Waals surface area (Å²) in [5.74, 6) is 1.54. The molecule has 0 aliphatic rings. The minimum Gasteiger partial charge on any atom is -0.484 e. The standard InChI is InChI=1S/C13H17N3O4S/c1-3-4-12-15-13(20-16-12)8-19-10-5-6-11(9(2)7-10)21(14,17)18/h5-7H,3-4,8H2,1-2H3,(H2,14,17,18). The molecule has 0 aliphatic heterocycles. The van der Waals surface area contributed by atoms with Crippen LogP contribution in [0.2, 0.25) is 0 Å². The second-order valence-electron chi connectivity index (χ2n) is 4.62. The Morgan fingerprint density at radius 2 is 2.14 bits per heavy atom. The van der Waals surface area contributed by atoms with Gasteiger partial charge in [0.25, 0.3) is 5.89 Å². The summed E-state index contributed by atoms with van der Waals surface area (Å²) in [5, 5.41) is 8.92. The minimum atomic E-state index is -3.72. The number of nitrogens with two attached hydrogens (primary N) is 1. The van der Waals surface area contributed by atoms with Crippen LogP contribution in [0.4, 0.5) is 0 Å². The van der Waals surface area contributed by atoms with E-state index in [1.807, 2.05) is 6.92 Å². The zero-order chi connectivity index (χ0) is 15.5. The summed E-state index contributed by atoms with van der Waals surface area (Å²) in [4.78, 5) is 4.26. The highest BCUT2D eigenvalue weighted by molar-refractivity contribution is 7.89. The van der Waals surface area contributed by atoms with Crippen molar-refractivity contribution >= 4 is 10.0 Å². The molecule has 1 aromatic heterocycles. The Morgan fingerprint density at radius 3 is 2.76 bits per heavy atom. The van der Waals surface area contributed by atoms with Crippen LogP contribution in [0.25, 0.3) is 0 Å². The van der Waals surface area contributed by atoms with Crippen molar-refractivity contribution in [1.82, 2.24) is 10.1 Å². The molecule has 114 valence electrons. The largest absolute Gasteiger partial charge is 0.484 e. The summed E-state index contributed by atoms with van der Waals surface area (Å²) < 4.78 is 33.2. The van der Waals surface area contributed by atoms with Crippen molar-refractivity contribution in [3.8, 4) is 5.75 Å². The Bertz CT molecular complexity index is 725. The second-order valence-corrected chi connectivity index (χ2v) is 6.15. The van der Waals surface area contributed by atoms with Gasteiger partial charge in [0.1, 0.15) is 5.75 Å². The number of hydrogen-bond donors (Lipinski definition) is 1. The van der Waals surface area contributed by atoms with Crippen LogP contribution in [-0.4, -0.2) is 18.6 Å². The fraction of sp³-hybridized carbons (Fsp3) is 0.385. The number of aromatic nitrogens is 2. The first kappa shape index (κ1) is 15.5. The third kappa shape index (κ3) is 4.02. The van der Waals surface area contributed by atoms with Crippen molar-refractivity contribution in [2.75, 3.05) is 0 Å². The molecule has 7 nitrogen and oxygen atoms in total. The van der Waals surface area contributed by atoms with Gasteiger partial charge in [-0.1, -0.05) is 12.1 Å². The number of benzene rings is 1. The van der Waals surface area contributed by atoms with E-state index in [0.717, 1.165) is 12.8 Å². The first-order valence-corrected chi connectivity index (χ1v) is 8.02. The topological polar surface area (TPSA) is 108 Å². The van der Waals surface area contributed by atoms with Crippen molar-refractivity contribution in [1.29, 1.82) is 0 Å². The van der Waals surface area contributed by atoms with E-state index in [4.69, 9.17) is 14.4 Å². The first-order chi connectivity index (χ1) is 9.90. The number of nitrogens with zero attached hydrogens (tertiary/aromatic N) is 2. The van der Waals surface area contributed by atoms with Gasteiger partial charge in [-0.15, -0.1) is 0 Å². The molecule has 21 heavy (non-hydrogen) atoms. The van der Waals surface area contributed by atoms with Crippen LogP contribution >= 0.6 is 0 Å². The third-order valence-electron chi connectivity index (χ3n) is 2.80. The van der Waals surface area contributed by atoms with Gasteiger partial charge in [0.2, 0.25) is 10.0 Å². The maximum atomic E-state index is 11.3. The summed E-state index contributed by atoms with van der Waals surface area (Å²) in [5.41, 5.74) is 0.521. The zero-order valence-corrected chi connectivity index (χ0v) is 12.7. The molecule has 8 heteroatoms. The number of sulfonamides is 1. The third-order valence-corrected chi connectivity index (χ3v) is 3.87. The van der Waals surface area contributed by atoms with Crippen molar-refractivity contribution in [3.63, 3.8) is 0 Å². The lowest BCUT2D eigenvalue weighted by atomic mass is 10.2. The van der Waals surface area contributed by atoms with Gasteiger partial charge < -0.3 is 9.26 Å². The summed E-state index contributed by atoms with van der Waals surface area (Å²) in [6.07, 6.45) is 1.69. The number of ether oxygens (including phenoxy) is 1. The molecule has 0 atom stereocenters. The molecule has 0 spiro atoms. The lowest BCUT2D eigenvalue weighted by Gasteiger charge is -2.07. The molecule has 1 aromatic carbocycles. The van der Waals surface area contributed by atoms with E-state index in [9.17, 15) is 8.42 Å². The molecular formula is C13H17N3O4S. The van der Waals surface area contributed by atoms with Gasteiger partial charge in [-0.05, 0) is 37.1 Å². The Labute approximate surface area is 123 Å². The van der Waals surface area contributed by atoms with Gasteiger partial charge in [-0.3, -0.25) is 0 Å². The van der Waals surface area contributed by atoms with Crippen LogP contribution < -0.4 is 9.88 Å². The average Bonchev–Trinajstić information content (AvgIpc) is 2.83. The van der Waals surface area contributed by atoms with Gasteiger partial charge in [0, 0.05) is 6.42 Å². The van der Waals surface area contributed by atoms with Crippen LogP contribution in [0.1, 0.15) is 30.6 Å². The van der Waals surface area contributed by atoms with Crippen LogP contribution in [0.15, 0.2) is 27.6 Å². The van der Waals surface area contributed by atoms with E-state index in [0.29, 0.717) is 23.0 Å². The molecule has 0 saturated heterocycles. The second kappa shape index (κ2) is 6.23. The quantitative estimate of drug-likeness (QED) is 0.867. The monoisotopic (exact) mass is 311 g/mol. The van der Waals surface area contributed by atoms with Crippen LogP contribution in [-0.2, 0) is 23.1 Å². The van der Waals surface area contributed by atoms with Gasteiger partial charge in [-0.25, -0.2) is 13.6 Å². The maximum Gasteiger partial charge on any atom is 0.264 e. The molecule has 0 radical (unpaired) electrons. The molecule has 1 heterocycles. The Morgan fingerprint density at radius 1 is 1.38 bits per heavy atom. The molecule has 0 bridgehead atoms. The Balaban J connectivity index is 2.05. The molecule has 0 amide bonds. The maximum absolute atomic E-state index is 11.3. The predicted molar refractivity (Wildman–Crippen MR) is 75.2 cm³/mol. The fourth-order valence-corrected chi connectivity index (χ4v) is 2.62. The molecule has 0 saturated carbocycles. The van der Waals surface area contributed by atoms with Crippen molar-refractivity contribution in [2.24, 2.45) is 5.14 Å². The first-order valence-electron chi connectivity index (χ1n) is 6.48. The van der Waals surface area contributed by atoms with E-state index < -0.39 is 10.0 Å². The summed E-state index contributed by atoms with van der Waals surface area (Å²) in [6.45, 7) is 3.81. The Hall–Kier alpha value is -1.93. The lowest BCUT2D eigenvalue weighted by molar-refractivity contribution is 0.242. The van der Waals surface area contributed by atoms with E-state index in [1.54, 1.807) is 13.0 Å².